The van der Waals surface area contributed by atoms with Crippen molar-refractivity contribution >= 4 is 5.97 Å². The molecular formula is C15H16O2. The lowest BCUT2D eigenvalue weighted by atomic mass is 10.1. The highest BCUT2D eigenvalue weighted by atomic mass is 16.5. The van der Waals surface area contributed by atoms with E-state index in [1.165, 1.54) is 23.8 Å². The van der Waals surface area contributed by atoms with Crippen LogP contribution in [0.15, 0.2) is 24.3 Å². The minimum atomic E-state index is -0.278. The van der Waals surface area contributed by atoms with Gasteiger partial charge in [0, 0.05) is 0 Å². The molecule has 17 heavy (non-hydrogen) atoms. The standard InChI is InChI=1S/C15H16O2/c1-9-5-10(2)13-7-12(15(16)17-4)8-14(13)11(3)6-9/h5-8H,1-4H3. The highest BCUT2D eigenvalue weighted by molar-refractivity contribution is 5.95. The van der Waals surface area contributed by atoms with Gasteiger partial charge in [0.05, 0.1) is 12.7 Å². The van der Waals surface area contributed by atoms with Gasteiger partial charge in [0.15, 0.2) is 0 Å². The number of esters is 1. The number of fused-ring (bicyclic) bond motifs is 1. The molecule has 0 atom stereocenters. The molecule has 2 nitrogen and oxygen atoms in total. The second kappa shape index (κ2) is 4.21. The van der Waals surface area contributed by atoms with E-state index < -0.39 is 0 Å². The summed E-state index contributed by atoms with van der Waals surface area (Å²) in [5.41, 5.74) is 6.46. The average molecular weight is 228 g/mol. The Morgan fingerprint density at radius 1 is 0.941 bits per heavy atom. The Labute approximate surface area is 102 Å². The van der Waals surface area contributed by atoms with Crippen LogP contribution in [0, 0.1) is 20.8 Å². The molecule has 0 saturated carbocycles. The molecule has 0 aromatic heterocycles. The lowest BCUT2D eigenvalue weighted by Crippen LogP contribution is -1.97. The third kappa shape index (κ3) is 2.03. The van der Waals surface area contributed by atoms with Gasteiger partial charge in [0.2, 0.25) is 0 Å². The zero-order valence-electron chi connectivity index (χ0n) is 10.6. The minimum absolute atomic E-state index is 0.278. The Balaban J connectivity index is 2.72. The van der Waals surface area contributed by atoms with E-state index in [0.29, 0.717) is 5.56 Å². The third-order valence-electron chi connectivity index (χ3n) is 3.05. The van der Waals surface area contributed by atoms with Crippen LogP contribution in [0.5, 0.6) is 0 Å². The van der Waals surface area contributed by atoms with Crippen molar-refractivity contribution in [2.75, 3.05) is 7.11 Å². The van der Waals surface area contributed by atoms with E-state index in [1.54, 1.807) is 0 Å². The number of ether oxygens (including phenoxy) is 1. The molecule has 88 valence electrons. The number of rotatable bonds is 1. The summed E-state index contributed by atoms with van der Waals surface area (Å²) < 4.78 is 4.75. The lowest BCUT2D eigenvalue weighted by Gasteiger charge is -1.98. The van der Waals surface area contributed by atoms with Crippen LogP contribution in [-0.4, -0.2) is 13.1 Å². The molecule has 2 heteroatoms. The SMILES string of the molecule is COC(=O)c1cc2c(C)cc(C)cc(C)c-2c1. The van der Waals surface area contributed by atoms with Crippen LogP contribution in [0.2, 0.25) is 0 Å². The molecule has 2 rings (SSSR count). The predicted octanol–water partition coefficient (Wildman–Crippen LogP) is 3.50. The van der Waals surface area contributed by atoms with E-state index in [4.69, 9.17) is 4.74 Å². The monoisotopic (exact) mass is 228 g/mol. The molecule has 0 unspecified atom stereocenters. The molecule has 0 aromatic carbocycles. The van der Waals surface area contributed by atoms with E-state index in [0.717, 1.165) is 11.1 Å². The largest absolute Gasteiger partial charge is 0.465 e. The second-order valence-corrected chi connectivity index (χ2v) is 4.46. The fourth-order valence-electron chi connectivity index (χ4n) is 2.28. The van der Waals surface area contributed by atoms with Crippen LogP contribution in [0.25, 0.3) is 11.1 Å². The normalized spacial score (nSPS) is 10.6. The summed E-state index contributed by atoms with van der Waals surface area (Å²) in [6.45, 7) is 6.21. The zero-order chi connectivity index (χ0) is 12.6. The van der Waals surface area contributed by atoms with Crippen molar-refractivity contribution in [3.63, 3.8) is 0 Å². The van der Waals surface area contributed by atoms with Gasteiger partial charge in [-0.25, -0.2) is 4.79 Å². The number of aryl methyl sites for hydroxylation is 3. The quantitative estimate of drug-likeness (QED) is 0.698. The molecule has 2 aliphatic rings. The van der Waals surface area contributed by atoms with Gasteiger partial charge in [0.25, 0.3) is 0 Å². The highest BCUT2D eigenvalue weighted by Crippen LogP contribution is 2.32. The Kier molecular flexibility index (Phi) is 2.88. The van der Waals surface area contributed by atoms with Crippen LogP contribution in [-0.2, 0) is 4.74 Å². The van der Waals surface area contributed by atoms with E-state index in [-0.39, 0.29) is 5.97 Å². The van der Waals surface area contributed by atoms with Crippen molar-refractivity contribution in [1.29, 1.82) is 0 Å². The van der Waals surface area contributed by atoms with Gasteiger partial charge in [0.1, 0.15) is 0 Å². The molecule has 0 saturated heterocycles. The van der Waals surface area contributed by atoms with Crippen molar-refractivity contribution in [3.8, 4) is 11.1 Å². The summed E-state index contributed by atoms with van der Waals surface area (Å²) in [7, 11) is 1.41. The molecule has 0 bridgehead atoms. The van der Waals surface area contributed by atoms with Gasteiger partial charge in [-0.1, -0.05) is 17.7 Å². The maximum atomic E-state index is 11.5. The van der Waals surface area contributed by atoms with Crippen LogP contribution < -0.4 is 0 Å². The van der Waals surface area contributed by atoms with Crippen LogP contribution >= 0.6 is 0 Å². The van der Waals surface area contributed by atoms with Gasteiger partial charge >= 0.3 is 5.97 Å². The lowest BCUT2D eigenvalue weighted by molar-refractivity contribution is 0.0601. The van der Waals surface area contributed by atoms with Gasteiger partial charge in [-0.15, -0.1) is 0 Å². The number of carbonyl (C=O) groups excluding carboxylic acids is 1. The van der Waals surface area contributed by atoms with Gasteiger partial charge in [-0.05, 0) is 55.2 Å². The Hall–Kier alpha value is -1.83. The van der Waals surface area contributed by atoms with Crippen molar-refractivity contribution in [2.24, 2.45) is 0 Å². The number of hydrogen-bond acceptors (Lipinski definition) is 2. The Bertz CT molecular complexity index is 516. The summed E-state index contributed by atoms with van der Waals surface area (Å²) in [6.07, 6.45) is 0. The molecule has 0 aliphatic heterocycles. The van der Waals surface area contributed by atoms with E-state index in [9.17, 15) is 4.79 Å². The minimum Gasteiger partial charge on any atom is -0.465 e. The number of hydrogen-bond donors (Lipinski definition) is 0. The molecular weight excluding hydrogens is 212 g/mol. The second-order valence-electron chi connectivity index (χ2n) is 4.46. The topological polar surface area (TPSA) is 26.3 Å². The third-order valence-corrected chi connectivity index (χ3v) is 3.05. The summed E-state index contributed by atoms with van der Waals surface area (Å²) in [5, 5.41) is 0. The van der Waals surface area contributed by atoms with Gasteiger partial charge in [-0.2, -0.15) is 0 Å². The van der Waals surface area contributed by atoms with Crippen LogP contribution in [0.4, 0.5) is 0 Å². The van der Waals surface area contributed by atoms with E-state index in [2.05, 4.69) is 32.9 Å². The maximum Gasteiger partial charge on any atom is 0.337 e. The fourth-order valence-corrected chi connectivity index (χ4v) is 2.28. The Morgan fingerprint density at radius 3 is 1.82 bits per heavy atom. The maximum absolute atomic E-state index is 11.5. The molecule has 0 radical (unpaired) electrons. The van der Waals surface area contributed by atoms with Crippen LogP contribution in [0.3, 0.4) is 0 Å². The highest BCUT2D eigenvalue weighted by Gasteiger charge is 2.15. The van der Waals surface area contributed by atoms with E-state index >= 15 is 0 Å². The van der Waals surface area contributed by atoms with Gasteiger partial charge < -0.3 is 4.74 Å². The molecule has 0 aromatic rings. The van der Waals surface area contributed by atoms with Crippen LogP contribution in [0.1, 0.15) is 27.0 Å². The summed E-state index contributed by atoms with van der Waals surface area (Å²) in [6, 6.07) is 8.08. The first kappa shape index (κ1) is 11.6. The molecule has 0 fully saturated rings. The van der Waals surface area contributed by atoms with Gasteiger partial charge in [-0.3, -0.25) is 0 Å². The first-order valence-electron chi connectivity index (χ1n) is 5.63. The molecule has 0 spiro atoms. The molecule has 2 aliphatic carbocycles. The predicted molar refractivity (Wildman–Crippen MR) is 68.6 cm³/mol. The number of methoxy groups -OCH3 is 1. The van der Waals surface area contributed by atoms with Crippen molar-refractivity contribution < 1.29 is 9.53 Å². The smallest absolute Gasteiger partial charge is 0.337 e. The van der Waals surface area contributed by atoms with Crippen molar-refractivity contribution in [1.82, 2.24) is 0 Å². The zero-order valence-corrected chi connectivity index (χ0v) is 10.6. The first-order chi connectivity index (χ1) is 8.02. The van der Waals surface area contributed by atoms with E-state index in [1.807, 2.05) is 12.1 Å². The molecule has 0 heterocycles. The Morgan fingerprint density at radius 2 is 1.41 bits per heavy atom. The summed E-state index contributed by atoms with van der Waals surface area (Å²) in [4.78, 5) is 11.5. The summed E-state index contributed by atoms with van der Waals surface area (Å²) in [5.74, 6) is -0.278. The average Bonchev–Trinajstić information content (AvgIpc) is 2.68. The summed E-state index contributed by atoms with van der Waals surface area (Å²) >= 11 is 0. The molecule has 0 amide bonds. The van der Waals surface area contributed by atoms with Crippen molar-refractivity contribution in [3.05, 3.63) is 46.5 Å². The fraction of sp³-hybridized carbons (Fsp3) is 0.267. The first-order valence-corrected chi connectivity index (χ1v) is 5.63. The van der Waals surface area contributed by atoms with Crippen molar-refractivity contribution in [2.45, 2.75) is 20.8 Å². The number of carbonyl (C=O) groups is 1. The molecule has 0 N–H and O–H groups in total.